The van der Waals surface area contributed by atoms with Crippen LogP contribution < -0.4 is 29.6 Å². The number of carbonyl (C=O) groups is 4. The minimum Gasteiger partial charge on any atom is -0.462 e. The number of esters is 2. The van der Waals surface area contributed by atoms with Crippen molar-refractivity contribution in [2.75, 3.05) is 26.8 Å². The lowest BCUT2D eigenvalue weighted by Gasteiger charge is -2.39. The molecule has 2 atom stereocenters. The van der Waals surface area contributed by atoms with E-state index in [0.29, 0.717) is 95.2 Å². The normalized spacial score (nSPS) is 23.0. The number of benzene rings is 2. The standard InChI is InChI=1S/C44H48N2O10/c1-23-35(37(25-9-11-31-33(15-25)55-21-53-31)39-27(45-23)17-43(3,4)19-29(39)47)41(49)51-13-7-8-14-52-42(50)36-24(2)46-28-18-44(5,6)20-30(48)40(28)38(36)26-10-12-32-34(16-26)56-22-54-32/h9-12,15-16,37-38,45-46H,7-8,13-14,17-22H2,1-6H3/t37-,38+. The first-order chi connectivity index (χ1) is 26.7. The Morgan fingerprint density at radius 1 is 0.625 bits per heavy atom. The molecule has 12 heteroatoms. The quantitative estimate of drug-likeness (QED) is 0.202. The van der Waals surface area contributed by atoms with Crippen LogP contribution in [0.2, 0.25) is 0 Å². The van der Waals surface area contributed by atoms with Gasteiger partial charge in [0.1, 0.15) is 0 Å². The van der Waals surface area contributed by atoms with Crippen LogP contribution in [0.3, 0.4) is 0 Å². The number of rotatable bonds is 9. The fourth-order valence-electron chi connectivity index (χ4n) is 8.95. The number of hydrogen-bond donors (Lipinski definition) is 2. The van der Waals surface area contributed by atoms with E-state index in [0.717, 1.165) is 22.5 Å². The number of carbonyl (C=O) groups excluding carboxylic acids is 4. The van der Waals surface area contributed by atoms with Gasteiger partial charge in [0.25, 0.3) is 0 Å². The molecule has 2 aromatic carbocycles. The summed E-state index contributed by atoms with van der Waals surface area (Å²) in [6, 6.07) is 11.0. The van der Waals surface area contributed by atoms with E-state index < -0.39 is 23.8 Å². The molecule has 0 saturated carbocycles. The van der Waals surface area contributed by atoms with Crippen LogP contribution in [0.1, 0.15) is 103 Å². The summed E-state index contributed by atoms with van der Waals surface area (Å²) in [5.41, 5.74) is 5.89. The lowest BCUT2D eigenvalue weighted by molar-refractivity contribution is -0.142. The zero-order valence-corrected chi connectivity index (χ0v) is 32.8. The maximum absolute atomic E-state index is 13.9. The molecule has 0 unspecified atom stereocenters. The summed E-state index contributed by atoms with van der Waals surface area (Å²) in [5.74, 6) is 0.0354. The number of ether oxygens (including phenoxy) is 6. The Morgan fingerprint density at radius 2 is 1.02 bits per heavy atom. The van der Waals surface area contributed by atoms with E-state index in [9.17, 15) is 19.2 Å². The average molecular weight is 765 g/mol. The molecular weight excluding hydrogens is 716 g/mol. The highest BCUT2D eigenvalue weighted by molar-refractivity contribution is 6.05. The fraction of sp³-hybridized carbons (Fsp3) is 0.455. The lowest BCUT2D eigenvalue weighted by atomic mass is 9.68. The van der Waals surface area contributed by atoms with Gasteiger partial charge in [0.05, 0.1) is 24.4 Å². The minimum atomic E-state index is -0.631. The molecule has 0 aromatic heterocycles. The Balaban J connectivity index is 0.940. The zero-order valence-electron chi connectivity index (χ0n) is 32.8. The lowest BCUT2D eigenvalue weighted by Crippen LogP contribution is -2.38. The molecule has 2 N–H and O–H groups in total. The first-order valence-electron chi connectivity index (χ1n) is 19.3. The van der Waals surface area contributed by atoms with Crippen molar-refractivity contribution >= 4 is 23.5 Å². The third-order valence-electron chi connectivity index (χ3n) is 11.4. The molecule has 2 aromatic rings. The van der Waals surface area contributed by atoms with Crippen molar-refractivity contribution in [1.29, 1.82) is 0 Å². The Kier molecular flexibility index (Phi) is 9.49. The van der Waals surface area contributed by atoms with Gasteiger partial charge >= 0.3 is 11.9 Å². The van der Waals surface area contributed by atoms with Gasteiger partial charge in [-0.25, -0.2) is 9.59 Å². The molecule has 12 nitrogen and oxygen atoms in total. The molecule has 0 saturated heterocycles. The number of hydrogen-bond acceptors (Lipinski definition) is 12. The molecule has 4 aliphatic heterocycles. The third kappa shape index (κ3) is 6.94. The number of unbranched alkanes of at least 4 members (excludes halogenated alkanes) is 1. The van der Waals surface area contributed by atoms with Crippen molar-refractivity contribution < 1.29 is 47.6 Å². The highest BCUT2D eigenvalue weighted by Crippen LogP contribution is 2.50. The van der Waals surface area contributed by atoms with Crippen LogP contribution >= 0.6 is 0 Å². The van der Waals surface area contributed by atoms with E-state index in [1.165, 1.54) is 0 Å². The molecular formula is C44H48N2O10. The van der Waals surface area contributed by atoms with Crippen LogP contribution in [0.5, 0.6) is 23.0 Å². The Hall–Kier alpha value is -5.52. The molecule has 6 aliphatic rings. The second-order valence-electron chi connectivity index (χ2n) is 17.1. The number of fused-ring (bicyclic) bond motifs is 2. The zero-order chi connectivity index (χ0) is 39.5. The van der Waals surface area contributed by atoms with Gasteiger partial charge < -0.3 is 39.1 Å². The van der Waals surface area contributed by atoms with Gasteiger partial charge in [-0.05, 0) is 85.8 Å². The second-order valence-corrected chi connectivity index (χ2v) is 17.1. The summed E-state index contributed by atoms with van der Waals surface area (Å²) < 4.78 is 34.0. The third-order valence-corrected chi connectivity index (χ3v) is 11.4. The monoisotopic (exact) mass is 764 g/mol. The van der Waals surface area contributed by atoms with Crippen LogP contribution in [0.4, 0.5) is 0 Å². The predicted octanol–water partition coefficient (Wildman–Crippen LogP) is 6.92. The van der Waals surface area contributed by atoms with Crippen LogP contribution in [0, 0.1) is 10.8 Å². The summed E-state index contributed by atoms with van der Waals surface area (Å²) in [7, 11) is 0. The number of Topliss-reactive ketones (excluding diaryl/α,β-unsaturated/α-hetero) is 2. The van der Waals surface area contributed by atoms with Crippen LogP contribution in [-0.2, 0) is 28.7 Å². The van der Waals surface area contributed by atoms with Crippen molar-refractivity contribution in [2.24, 2.45) is 10.8 Å². The summed E-state index contributed by atoms with van der Waals surface area (Å²) in [4.78, 5) is 55.2. The molecule has 0 amide bonds. The van der Waals surface area contributed by atoms with Crippen molar-refractivity contribution in [2.45, 2.75) is 91.9 Å². The number of dihydropyridines is 2. The number of ketones is 2. The summed E-state index contributed by atoms with van der Waals surface area (Å²) in [5, 5.41) is 6.75. The summed E-state index contributed by atoms with van der Waals surface area (Å²) >= 11 is 0. The Morgan fingerprint density at radius 3 is 1.43 bits per heavy atom. The first-order valence-corrected chi connectivity index (χ1v) is 19.3. The maximum atomic E-state index is 13.9. The predicted molar refractivity (Wildman–Crippen MR) is 204 cm³/mol. The summed E-state index contributed by atoms with van der Waals surface area (Å²) in [6.07, 6.45) is 2.94. The topological polar surface area (TPSA) is 148 Å². The van der Waals surface area contributed by atoms with Crippen LogP contribution in [0.15, 0.2) is 81.5 Å². The molecule has 4 heterocycles. The minimum absolute atomic E-state index is 0.00507. The van der Waals surface area contributed by atoms with Crippen molar-refractivity contribution in [3.05, 3.63) is 92.6 Å². The van der Waals surface area contributed by atoms with Crippen LogP contribution in [-0.4, -0.2) is 50.3 Å². The van der Waals surface area contributed by atoms with Gasteiger partial charge in [0.2, 0.25) is 13.6 Å². The van der Waals surface area contributed by atoms with Gasteiger partial charge in [-0.3, -0.25) is 9.59 Å². The van der Waals surface area contributed by atoms with E-state index in [4.69, 9.17) is 28.4 Å². The molecule has 0 bridgehead atoms. The van der Waals surface area contributed by atoms with E-state index in [-0.39, 0.29) is 49.2 Å². The van der Waals surface area contributed by atoms with E-state index in [2.05, 4.69) is 38.3 Å². The molecule has 0 fully saturated rings. The number of nitrogens with one attached hydrogen (secondary N) is 2. The van der Waals surface area contributed by atoms with Crippen molar-refractivity contribution in [1.82, 2.24) is 10.6 Å². The molecule has 8 rings (SSSR count). The SMILES string of the molecule is CC1=C(C(=O)OCCCCOC(=O)C2=C(C)NC3=C(C(=O)CC(C)(C)C3)[C@H]2c2ccc3c(c2)OCO3)[C@@H](c2ccc3c(c2)OCO3)C2=C(CC(C)(C)CC2=O)N1. The van der Waals surface area contributed by atoms with E-state index in [1.807, 2.05) is 38.1 Å². The molecule has 56 heavy (non-hydrogen) atoms. The highest BCUT2D eigenvalue weighted by atomic mass is 16.7. The van der Waals surface area contributed by atoms with Crippen molar-refractivity contribution in [3.8, 4) is 23.0 Å². The largest absolute Gasteiger partial charge is 0.462 e. The highest BCUT2D eigenvalue weighted by Gasteiger charge is 2.45. The van der Waals surface area contributed by atoms with Gasteiger partial charge in [0, 0.05) is 58.6 Å². The maximum Gasteiger partial charge on any atom is 0.336 e. The van der Waals surface area contributed by atoms with Crippen molar-refractivity contribution in [3.63, 3.8) is 0 Å². The number of allylic oxidation sites excluding steroid dienone is 6. The Labute approximate surface area is 326 Å². The van der Waals surface area contributed by atoms with Gasteiger partial charge in [0.15, 0.2) is 34.6 Å². The molecule has 0 radical (unpaired) electrons. The van der Waals surface area contributed by atoms with Gasteiger partial charge in [-0.15, -0.1) is 0 Å². The van der Waals surface area contributed by atoms with Crippen LogP contribution in [0.25, 0.3) is 0 Å². The second kappa shape index (κ2) is 14.2. The first kappa shape index (κ1) is 37.4. The van der Waals surface area contributed by atoms with E-state index >= 15 is 0 Å². The van der Waals surface area contributed by atoms with Gasteiger partial charge in [-0.2, -0.15) is 0 Å². The smallest absolute Gasteiger partial charge is 0.336 e. The molecule has 0 spiro atoms. The molecule has 294 valence electrons. The van der Waals surface area contributed by atoms with E-state index in [1.54, 1.807) is 12.1 Å². The molecule has 2 aliphatic carbocycles. The summed E-state index contributed by atoms with van der Waals surface area (Å²) in [6.45, 7) is 12.3. The average Bonchev–Trinajstić information content (AvgIpc) is 3.79. The fourth-order valence-corrected chi connectivity index (χ4v) is 8.95. The van der Waals surface area contributed by atoms with Gasteiger partial charge in [-0.1, -0.05) is 39.8 Å². The Bertz CT molecular complexity index is 2030.